The van der Waals surface area contributed by atoms with Gasteiger partial charge in [-0.3, -0.25) is 28.8 Å². The molecule has 12 heteroatoms. The summed E-state index contributed by atoms with van der Waals surface area (Å²) in [6.45, 7) is 9.00. The van der Waals surface area contributed by atoms with Crippen LogP contribution in [-0.4, -0.2) is 73.4 Å². The Morgan fingerprint density at radius 2 is 0.944 bits per heavy atom. The van der Waals surface area contributed by atoms with E-state index in [0.717, 1.165) is 0 Å². The molecule has 36 heavy (non-hydrogen) atoms. The molecule has 0 spiro atoms. The van der Waals surface area contributed by atoms with Crippen molar-refractivity contribution >= 4 is 35.8 Å². The van der Waals surface area contributed by atoms with Crippen molar-refractivity contribution in [2.24, 2.45) is 5.92 Å². The van der Waals surface area contributed by atoms with Crippen molar-refractivity contribution in [2.45, 2.75) is 98.6 Å². The molecule has 0 aromatic heterocycles. The highest BCUT2D eigenvalue weighted by molar-refractivity contribution is 5.68. The SMILES string of the molecule is CC(=O)OCCC(CC(CC(CC(OC(C)=O)C(C)COC(C)=O)OC(C)=O)OC(C)=O)OC(C)=O. The van der Waals surface area contributed by atoms with Crippen molar-refractivity contribution in [3.8, 4) is 0 Å². The van der Waals surface area contributed by atoms with E-state index in [4.69, 9.17) is 28.4 Å². The van der Waals surface area contributed by atoms with Crippen molar-refractivity contribution in [3.63, 3.8) is 0 Å². The molecule has 0 radical (unpaired) electrons. The van der Waals surface area contributed by atoms with Gasteiger partial charge >= 0.3 is 35.8 Å². The Morgan fingerprint density at radius 3 is 1.39 bits per heavy atom. The number of carbonyl (C=O) groups is 6. The summed E-state index contributed by atoms with van der Waals surface area (Å²) in [4.78, 5) is 69.1. The Bertz CT molecular complexity index is 762. The third-order valence-corrected chi connectivity index (χ3v) is 4.79. The third kappa shape index (κ3) is 17.3. The summed E-state index contributed by atoms with van der Waals surface area (Å²) in [6.07, 6.45) is -3.01. The summed E-state index contributed by atoms with van der Waals surface area (Å²) in [5.74, 6) is -3.79. The van der Waals surface area contributed by atoms with Gasteiger partial charge in [-0.1, -0.05) is 6.92 Å². The summed E-state index contributed by atoms with van der Waals surface area (Å²) in [5, 5.41) is 0. The smallest absolute Gasteiger partial charge is 0.302 e. The van der Waals surface area contributed by atoms with Gasteiger partial charge in [0, 0.05) is 73.1 Å². The van der Waals surface area contributed by atoms with Crippen molar-refractivity contribution < 1.29 is 57.2 Å². The maximum absolute atomic E-state index is 11.8. The fourth-order valence-corrected chi connectivity index (χ4v) is 3.46. The van der Waals surface area contributed by atoms with E-state index in [0.29, 0.717) is 0 Å². The van der Waals surface area contributed by atoms with Crippen molar-refractivity contribution in [1.29, 1.82) is 0 Å². The average molecular weight is 519 g/mol. The van der Waals surface area contributed by atoms with Crippen LogP contribution in [0.5, 0.6) is 0 Å². The van der Waals surface area contributed by atoms with Gasteiger partial charge < -0.3 is 28.4 Å². The van der Waals surface area contributed by atoms with Crippen LogP contribution in [0, 0.1) is 5.92 Å². The van der Waals surface area contributed by atoms with E-state index in [-0.39, 0.29) is 38.9 Å². The number of hydrogen-bond acceptors (Lipinski definition) is 12. The van der Waals surface area contributed by atoms with E-state index in [1.54, 1.807) is 6.92 Å². The van der Waals surface area contributed by atoms with Gasteiger partial charge in [0.15, 0.2) is 0 Å². The molecular weight excluding hydrogens is 480 g/mol. The van der Waals surface area contributed by atoms with Crippen LogP contribution in [0.4, 0.5) is 0 Å². The van der Waals surface area contributed by atoms with Crippen LogP contribution >= 0.6 is 0 Å². The Morgan fingerprint density at radius 1 is 0.528 bits per heavy atom. The lowest BCUT2D eigenvalue weighted by Crippen LogP contribution is -2.36. The molecule has 0 heterocycles. The molecule has 0 aliphatic carbocycles. The zero-order valence-electron chi connectivity index (χ0n) is 22.0. The summed E-state index contributed by atoms with van der Waals surface area (Å²) in [5.41, 5.74) is 0. The quantitative estimate of drug-likeness (QED) is 0.216. The first kappa shape index (κ1) is 32.8. The molecule has 0 aromatic rings. The molecule has 5 atom stereocenters. The zero-order valence-corrected chi connectivity index (χ0v) is 22.0. The van der Waals surface area contributed by atoms with E-state index < -0.39 is 66.1 Å². The molecule has 206 valence electrons. The fourth-order valence-electron chi connectivity index (χ4n) is 3.46. The van der Waals surface area contributed by atoms with Gasteiger partial charge in [-0.25, -0.2) is 0 Å². The molecule has 0 aliphatic rings. The summed E-state index contributed by atoms with van der Waals surface area (Å²) >= 11 is 0. The highest BCUT2D eigenvalue weighted by atomic mass is 16.6. The average Bonchev–Trinajstić information content (AvgIpc) is 2.69. The predicted molar refractivity (Wildman–Crippen MR) is 123 cm³/mol. The Labute approximate surface area is 211 Å². The van der Waals surface area contributed by atoms with Gasteiger partial charge in [-0.15, -0.1) is 0 Å². The van der Waals surface area contributed by atoms with Crippen LogP contribution in [0.3, 0.4) is 0 Å². The summed E-state index contributed by atoms with van der Waals surface area (Å²) in [7, 11) is 0. The zero-order chi connectivity index (χ0) is 27.8. The predicted octanol–water partition coefficient (Wildman–Crippen LogP) is 2.04. The first-order chi connectivity index (χ1) is 16.7. The third-order valence-electron chi connectivity index (χ3n) is 4.79. The van der Waals surface area contributed by atoms with Gasteiger partial charge in [0.2, 0.25) is 0 Å². The minimum absolute atomic E-state index is 0.00252. The molecule has 0 N–H and O–H groups in total. The molecule has 5 unspecified atom stereocenters. The van der Waals surface area contributed by atoms with Crippen LogP contribution < -0.4 is 0 Å². The minimum Gasteiger partial charge on any atom is -0.466 e. The minimum atomic E-state index is -0.859. The monoisotopic (exact) mass is 518 g/mol. The highest BCUT2D eigenvalue weighted by Gasteiger charge is 2.31. The van der Waals surface area contributed by atoms with Crippen molar-refractivity contribution in [2.75, 3.05) is 13.2 Å². The van der Waals surface area contributed by atoms with Gasteiger partial charge in [0.1, 0.15) is 24.4 Å². The summed E-state index contributed by atoms with van der Waals surface area (Å²) in [6, 6.07) is 0. The molecule has 0 saturated carbocycles. The lowest BCUT2D eigenvalue weighted by Gasteiger charge is -2.30. The number of carbonyl (C=O) groups excluding carboxylic acids is 6. The number of ether oxygens (including phenoxy) is 6. The molecule has 12 nitrogen and oxygen atoms in total. The molecule has 0 fully saturated rings. The molecule has 0 amide bonds. The number of hydrogen-bond donors (Lipinski definition) is 0. The van der Waals surface area contributed by atoms with Crippen molar-refractivity contribution in [1.82, 2.24) is 0 Å². The lowest BCUT2D eigenvalue weighted by atomic mass is 9.95. The molecule has 0 saturated heterocycles. The van der Waals surface area contributed by atoms with Crippen LogP contribution in [0.25, 0.3) is 0 Å². The summed E-state index contributed by atoms with van der Waals surface area (Å²) < 4.78 is 31.4. The Kier molecular flexibility index (Phi) is 15.8. The molecule has 0 bridgehead atoms. The van der Waals surface area contributed by atoms with Crippen LogP contribution in [0.1, 0.15) is 74.1 Å². The van der Waals surface area contributed by atoms with E-state index in [9.17, 15) is 28.8 Å². The topological polar surface area (TPSA) is 158 Å². The van der Waals surface area contributed by atoms with E-state index in [1.165, 1.54) is 41.5 Å². The maximum Gasteiger partial charge on any atom is 0.302 e. The van der Waals surface area contributed by atoms with Crippen LogP contribution in [0.2, 0.25) is 0 Å². The lowest BCUT2D eigenvalue weighted by molar-refractivity contribution is -0.160. The van der Waals surface area contributed by atoms with Gasteiger partial charge in [0.25, 0.3) is 0 Å². The first-order valence-electron chi connectivity index (χ1n) is 11.6. The fraction of sp³-hybridized carbons (Fsp3) is 0.750. The molecule has 0 aliphatic heterocycles. The van der Waals surface area contributed by atoms with Crippen molar-refractivity contribution in [3.05, 3.63) is 0 Å². The van der Waals surface area contributed by atoms with E-state index in [2.05, 4.69) is 0 Å². The van der Waals surface area contributed by atoms with Crippen LogP contribution in [0.15, 0.2) is 0 Å². The van der Waals surface area contributed by atoms with Crippen LogP contribution in [-0.2, 0) is 57.2 Å². The van der Waals surface area contributed by atoms with E-state index >= 15 is 0 Å². The second kappa shape index (κ2) is 17.3. The number of rotatable bonds is 16. The highest BCUT2D eigenvalue weighted by Crippen LogP contribution is 2.23. The number of esters is 6. The molecule has 0 rings (SSSR count). The normalized spacial score (nSPS) is 14.8. The van der Waals surface area contributed by atoms with E-state index in [1.807, 2.05) is 0 Å². The molecule has 0 aromatic carbocycles. The second-order valence-electron chi connectivity index (χ2n) is 8.46. The van der Waals surface area contributed by atoms with Gasteiger partial charge in [0.05, 0.1) is 13.2 Å². The largest absolute Gasteiger partial charge is 0.466 e. The standard InChI is InChI=1S/C24H38O12/c1-14(13-32-16(3)26)24(36-20(7)30)12-23(35-19(6)29)11-22(34-18(5)28)10-21(33-17(4)27)8-9-31-15(2)25/h14,21-24H,8-13H2,1-7H3. The van der Waals surface area contributed by atoms with Gasteiger partial charge in [-0.2, -0.15) is 0 Å². The Hall–Kier alpha value is -3.18. The Balaban J connectivity index is 5.69. The molecular formula is C24H38O12. The van der Waals surface area contributed by atoms with Gasteiger partial charge in [-0.05, 0) is 0 Å². The first-order valence-corrected chi connectivity index (χ1v) is 11.6. The maximum atomic E-state index is 11.8. The second-order valence-corrected chi connectivity index (χ2v) is 8.46.